The lowest BCUT2D eigenvalue weighted by atomic mass is 9.71. The number of rotatable bonds is 3. The summed E-state index contributed by atoms with van der Waals surface area (Å²) in [4.78, 5) is 55.5. The van der Waals surface area contributed by atoms with Gasteiger partial charge in [0.2, 0.25) is 11.8 Å². The van der Waals surface area contributed by atoms with Crippen LogP contribution in [0.25, 0.3) is 0 Å². The zero-order valence-electron chi connectivity index (χ0n) is 20.7. The molecule has 0 bridgehead atoms. The zero-order valence-corrected chi connectivity index (χ0v) is 21.5. The molecular formula is C28H26ClN5O4. The number of anilines is 1. The van der Waals surface area contributed by atoms with Gasteiger partial charge in [0.1, 0.15) is 12.1 Å². The maximum atomic E-state index is 13.0. The molecule has 1 atom stereocenters. The third-order valence-corrected chi connectivity index (χ3v) is 8.70. The summed E-state index contributed by atoms with van der Waals surface area (Å²) in [7, 11) is 0. The van der Waals surface area contributed by atoms with Gasteiger partial charge in [0.05, 0.1) is 10.6 Å². The second-order valence-corrected chi connectivity index (χ2v) is 11.1. The molecule has 38 heavy (non-hydrogen) atoms. The van der Waals surface area contributed by atoms with Crippen molar-refractivity contribution in [3.63, 3.8) is 0 Å². The van der Waals surface area contributed by atoms with E-state index in [1.807, 2.05) is 29.2 Å². The Morgan fingerprint density at radius 1 is 1.08 bits per heavy atom. The lowest BCUT2D eigenvalue weighted by Crippen LogP contribution is -2.61. The van der Waals surface area contributed by atoms with Crippen LogP contribution in [0.1, 0.15) is 57.5 Å². The monoisotopic (exact) mass is 531 g/mol. The van der Waals surface area contributed by atoms with Gasteiger partial charge in [-0.3, -0.25) is 24.5 Å². The van der Waals surface area contributed by atoms with Crippen molar-refractivity contribution in [3.8, 4) is 6.07 Å². The van der Waals surface area contributed by atoms with Crippen LogP contribution in [-0.2, 0) is 16.1 Å². The Morgan fingerprint density at radius 3 is 2.55 bits per heavy atom. The van der Waals surface area contributed by atoms with Gasteiger partial charge in [-0.2, -0.15) is 5.26 Å². The van der Waals surface area contributed by atoms with E-state index in [9.17, 15) is 24.4 Å². The average molecular weight is 532 g/mol. The molecule has 6 rings (SSSR count). The summed E-state index contributed by atoms with van der Waals surface area (Å²) in [5, 5.41) is 11.9. The second-order valence-electron chi connectivity index (χ2n) is 10.7. The van der Waals surface area contributed by atoms with E-state index < -0.39 is 11.9 Å². The van der Waals surface area contributed by atoms with Crippen molar-refractivity contribution in [3.05, 3.63) is 63.7 Å². The number of nitriles is 1. The van der Waals surface area contributed by atoms with Crippen molar-refractivity contribution in [2.45, 2.75) is 38.3 Å². The molecule has 4 aliphatic heterocycles. The van der Waals surface area contributed by atoms with Crippen molar-refractivity contribution in [1.29, 1.82) is 5.26 Å². The highest BCUT2D eigenvalue weighted by molar-refractivity contribution is 6.31. The average Bonchev–Trinajstić information content (AvgIpc) is 3.22. The summed E-state index contributed by atoms with van der Waals surface area (Å²) in [5.74, 6) is -0.940. The number of fused-ring (bicyclic) bond motifs is 1. The molecule has 4 amide bonds. The van der Waals surface area contributed by atoms with E-state index >= 15 is 0 Å². The SMILES string of the molecule is N#Cc1cc(C(=O)N2CCC3(CC2)CN(c2ccc4c(c2)CN(C2CCC(=O)NC2=O)C4=O)C3)ccc1Cl. The predicted molar refractivity (Wildman–Crippen MR) is 138 cm³/mol. The molecule has 2 aromatic rings. The number of hydrogen-bond acceptors (Lipinski definition) is 6. The van der Waals surface area contributed by atoms with Crippen LogP contribution in [0.4, 0.5) is 5.69 Å². The summed E-state index contributed by atoms with van der Waals surface area (Å²) in [6.45, 7) is 3.46. The van der Waals surface area contributed by atoms with Crippen LogP contribution in [0.15, 0.2) is 36.4 Å². The van der Waals surface area contributed by atoms with E-state index in [4.69, 9.17) is 11.6 Å². The lowest BCUT2D eigenvalue weighted by molar-refractivity contribution is -0.136. The number of amides is 4. The van der Waals surface area contributed by atoms with E-state index in [1.54, 1.807) is 23.1 Å². The molecule has 0 saturated carbocycles. The predicted octanol–water partition coefficient (Wildman–Crippen LogP) is 2.72. The number of halogens is 1. The van der Waals surface area contributed by atoms with Gasteiger partial charge in [-0.15, -0.1) is 0 Å². The molecule has 3 saturated heterocycles. The quantitative estimate of drug-likeness (QED) is 0.609. The minimum absolute atomic E-state index is 0.0759. The van der Waals surface area contributed by atoms with Crippen molar-refractivity contribution in [1.82, 2.24) is 15.1 Å². The molecule has 2 aromatic carbocycles. The maximum absolute atomic E-state index is 13.0. The topological polar surface area (TPSA) is 114 Å². The number of likely N-dealkylation sites (tertiary alicyclic amines) is 1. The van der Waals surface area contributed by atoms with Gasteiger partial charge in [0.25, 0.3) is 11.8 Å². The van der Waals surface area contributed by atoms with Crippen LogP contribution in [0.3, 0.4) is 0 Å². The molecule has 0 radical (unpaired) electrons. The van der Waals surface area contributed by atoms with Gasteiger partial charge in [0.15, 0.2) is 0 Å². The number of carbonyl (C=O) groups is 4. The molecule has 194 valence electrons. The molecule has 1 unspecified atom stereocenters. The zero-order chi connectivity index (χ0) is 26.6. The Balaban J connectivity index is 1.07. The van der Waals surface area contributed by atoms with Crippen LogP contribution >= 0.6 is 11.6 Å². The molecule has 4 heterocycles. The Bertz CT molecular complexity index is 1420. The Kier molecular flexibility index (Phi) is 5.88. The van der Waals surface area contributed by atoms with Crippen LogP contribution in [0.2, 0.25) is 5.02 Å². The lowest BCUT2D eigenvalue weighted by Gasteiger charge is -2.55. The van der Waals surface area contributed by atoms with Gasteiger partial charge >= 0.3 is 0 Å². The summed E-state index contributed by atoms with van der Waals surface area (Å²) < 4.78 is 0. The number of piperidine rings is 2. The van der Waals surface area contributed by atoms with Crippen LogP contribution < -0.4 is 10.2 Å². The smallest absolute Gasteiger partial charge is 0.255 e. The number of benzene rings is 2. The first-order chi connectivity index (χ1) is 18.3. The first kappa shape index (κ1) is 24.4. The van der Waals surface area contributed by atoms with E-state index in [2.05, 4.69) is 10.2 Å². The van der Waals surface area contributed by atoms with Crippen molar-refractivity contribution in [2.24, 2.45) is 5.41 Å². The van der Waals surface area contributed by atoms with Gasteiger partial charge in [-0.1, -0.05) is 11.6 Å². The number of nitrogens with one attached hydrogen (secondary N) is 1. The highest BCUT2D eigenvalue weighted by Gasteiger charge is 2.46. The number of nitrogens with zero attached hydrogens (tertiary/aromatic N) is 4. The molecule has 9 nitrogen and oxygen atoms in total. The normalized spacial score (nSPS) is 22.2. The van der Waals surface area contributed by atoms with E-state index in [0.29, 0.717) is 47.8 Å². The van der Waals surface area contributed by atoms with Crippen LogP contribution in [0.5, 0.6) is 0 Å². The van der Waals surface area contributed by atoms with Crippen LogP contribution in [-0.4, -0.2) is 65.6 Å². The number of imide groups is 1. The number of hydrogen-bond donors (Lipinski definition) is 1. The third kappa shape index (κ3) is 4.09. The minimum atomic E-state index is -0.615. The largest absolute Gasteiger partial charge is 0.370 e. The fourth-order valence-electron chi connectivity index (χ4n) is 6.13. The van der Waals surface area contributed by atoms with Gasteiger partial charge in [-0.05, 0) is 61.2 Å². The fourth-order valence-corrected chi connectivity index (χ4v) is 6.29. The first-order valence-corrected chi connectivity index (χ1v) is 13.2. The van der Waals surface area contributed by atoms with Crippen molar-refractivity contribution in [2.75, 3.05) is 31.1 Å². The summed E-state index contributed by atoms with van der Waals surface area (Å²) in [6.07, 6.45) is 2.39. The maximum Gasteiger partial charge on any atom is 0.255 e. The molecule has 0 aliphatic carbocycles. The number of carbonyl (C=O) groups excluding carboxylic acids is 4. The minimum Gasteiger partial charge on any atom is -0.370 e. The van der Waals surface area contributed by atoms with Gasteiger partial charge < -0.3 is 14.7 Å². The second kappa shape index (κ2) is 9.14. The van der Waals surface area contributed by atoms with Crippen molar-refractivity contribution >= 4 is 40.9 Å². The molecule has 1 spiro atoms. The molecular weight excluding hydrogens is 506 g/mol. The summed E-state index contributed by atoms with van der Waals surface area (Å²) in [6, 6.07) is 12.1. The molecule has 4 aliphatic rings. The van der Waals surface area contributed by atoms with Gasteiger partial charge in [-0.25, -0.2) is 0 Å². The Labute approximate surface area is 224 Å². The highest BCUT2D eigenvalue weighted by Crippen LogP contribution is 2.43. The molecule has 1 N–H and O–H groups in total. The van der Waals surface area contributed by atoms with Crippen LogP contribution in [0, 0.1) is 16.7 Å². The van der Waals surface area contributed by atoms with E-state index in [1.165, 1.54) is 0 Å². The third-order valence-electron chi connectivity index (χ3n) is 8.37. The summed E-state index contributed by atoms with van der Waals surface area (Å²) in [5.41, 5.74) is 3.51. The molecule has 3 fully saturated rings. The summed E-state index contributed by atoms with van der Waals surface area (Å²) >= 11 is 6.01. The van der Waals surface area contributed by atoms with E-state index in [0.717, 1.165) is 37.2 Å². The van der Waals surface area contributed by atoms with E-state index in [-0.39, 0.29) is 29.6 Å². The fraction of sp³-hybridized carbons (Fsp3) is 0.393. The first-order valence-electron chi connectivity index (χ1n) is 12.8. The van der Waals surface area contributed by atoms with Crippen molar-refractivity contribution < 1.29 is 19.2 Å². The Hall–Kier alpha value is -3.90. The van der Waals surface area contributed by atoms with Gasteiger partial charge in [0, 0.05) is 61.4 Å². The molecule has 0 aromatic heterocycles. The molecule has 10 heteroatoms. The Morgan fingerprint density at radius 2 is 1.84 bits per heavy atom. The standard InChI is InChI=1S/C28H26ClN5O4/c29-22-4-1-17(11-18(22)13-30)26(37)32-9-7-28(8-10-32)15-33(16-28)20-2-3-21-19(12-20)14-34(27(21)38)23-5-6-24(35)31-25(23)36/h1-4,11-12,23H,5-10,14-16H2,(H,31,35,36). The highest BCUT2D eigenvalue weighted by atomic mass is 35.5.